The summed E-state index contributed by atoms with van der Waals surface area (Å²) in [4.78, 5) is 23.4. The van der Waals surface area contributed by atoms with Gasteiger partial charge in [0, 0.05) is 13.1 Å². The van der Waals surface area contributed by atoms with E-state index in [1.54, 1.807) is 9.13 Å². The Kier molecular flexibility index (Phi) is 5.29. The molecule has 2 heterocycles. The van der Waals surface area contributed by atoms with Crippen LogP contribution in [0.15, 0.2) is 37.4 Å². The van der Waals surface area contributed by atoms with Gasteiger partial charge in [-0.3, -0.25) is 9.59 Å². The average Bonchev–Trinajstić information content (AvgIpc) is 3.04. The highest BCUT2D eigenvalue weighted by Gasteiger charge is 2.09. The molecule has 0 unspecified atom stereocenters. The van der Waals surface area contributed by atoms with Crippen LogP contribution in [-0.4, -0.2) is 34.0 Å². The highest BCUT2D eigenvalue weighted by molar-refractivity contribution is 5.76. The Morgan fingerprint density at radius 3 is 1.59 bits per heavy atom. The second-order valence-corrected chi connectivity index (χ2v) is 5.20. The molecule has 0 bridgehead atoms. The zero-order chi connectivity index (χ0) is 15.9. The maximum Gasteiger partial charge on any atom is 0.262 e. The van der Waals surface area contributed by atoms with E-state index in [0.29, 0.717) is 13.1 Å². The van der Waals surface area contributed by atoms with Gasteiger partial charge in [0.2, 0.25) is 12.7 Å². The van der Waals surface area contributed by atoms with Gasteiger partial charge in [0.15, 0.2) is 13.1 Å². The number of carbonyl (C=O) groups excluding carboxylic acids is 2. The summed E-state index contributed by atoms with van der Waals surface area (Å²) in [6.45, 7) is 1.37. The van der Waals surface area contributed by atoms with E-state index in [2.05, 4.69) is 10.6 Å². The Balaban J connectivity index is 1.60. The molecule has 8 heteroatoms. The molecule has 0 radical (unpaired) electrons. The van der Waals surface area contributed by atoms with Crippen molar-refractivity contribution in [2.45, 2.75) is 13.1 Å². The monoisotopic (exact) mass is 306 g/mol. The first-order valence-electron chi connectivity index (χ1n) is 7.08. The smallest absolute Gasteiger partial charge is 0.262 e. The molecule has 8 nitrogen and oxygen atoms in total. The van der Waals surface area contributed by atoms with Crippen molar-refractivity contribution < 1.29 is 18.7 Å². The SMILES string of the molecule is C[n+]1ccn(CC(=O)NCCNC(=O)Cn2cc[n+](C)c2)c1. The van der Waals surface area contributed by atoms with E-state index in [1.165, 1.54) is 0 Å². The number of nitrogens with zero attached hydrogens (tertiary/aromatic N) is 4. The van der Waals surface area contributed by atoms with Crippen molar-refractivity contribution in [2.24, 2.45) is 14.1 Å². The molecule has 0 aliphatic rings. The zero-order valence-corrected chi connectivity index (χ0v) is 12.9. The van der Waals surface area contributed by atoms with Crippen LogP contribution in [-0.2, 0) is 36.8 Å². The fourth-order valence-corrected chi connectivity index (χ4v) is 2.04. The normalized spacial score (nSPS) is 10.5. The van der Waals surface area contributed by atoms with Crippen LogP contribution >= 0.6 is 0 Å². The minimum atomic E-state index is -0.0807. The lowest BCUT2D eigenvalue weighted by Gasteiger charge is -2.05. The van der Waals surface area contributed by atoms with E-state index in [-0.39, 0.29) is 24.9 Å². The van der Waals surface area contributed by atoms with Crippen molar-refractivity contribution in [3.05, 3.63) is 37.4 Å². The molecule has 2 amide bonds. The molecule has 0 saturated heterocycles. The van der Waals surface area contributed by atoms with Crippen LogP contribution < -0.4 is 19.8 Å². The molecule has 0 saturated carbocycles. The second-order valence-electron chi connectivity index (χ2n) is 5.20. The van der Waals surface area contributed by atoms with Gasteiger partial charge >= 0.3 is 0 Å². The molecule has 0 spiro atoms. The molecular formula is C14H22N6O2+2. The number of rotatable bonds is 7. The van der Waals surface area contributed by atoms with Crippen LogP contribution in [0.25, 0.3) is 0 Å². The van der Waals surface area contributed by atoms with E-state index < -0.39 is 0 Å². The summed E-state index contributed by atoms with van der Waals surface area (Å²) in [6.07, 6.45) is 11.1. The van der Waals surface area contributed by atoms with Crippen LogP contribution in [0.3, 0.4) is 0 Å². The number of nitrogens with one attached hydrogen (secondary N) is 2. The summed E-state index contributed by atoms with van der Waals surface area (Å²) < 4.78 is 7.32. The lowest BCUT2D eigenvalue weighted by molar-refractivity contribution is -0.671. The first-order chi connectivity index (χ1) is 10.5. The maximum atomic E-state index is 11.7. The fourth-order valence-electron chi connectivity index (χ4n) is 2.04. The molecule has 2 rings (SSSR count). The van der Waals surface area contributed by atoms with Gasteiger partial charge in [0.25, 0.3) is 11.8 Å². The first kappa shape index (κ1) is 15.7. The molecular weight excluding hydrogens is 284 g/mol. The molecule has 118 valence electrons. The van der Waals surface area contributed by atoms with Gasteiger partial charge in [-0.25, -0.2) is 18.3 Å². The molecule has 0 atom stereocenters. The molecule has 0 aromatic carbocycles. The van der Waals surface area contributed by atoms with Crippen molar-refractivity contribution in [3.63, 3.8) is 0 Å². The van der Waals surface area contributed by atoms with Crippen LogP contribution in [0.2, 0.25) is 0 Å². The molecule has 0 fully saturated rings. The highest BCUT2D eigenvalue weighted by Crippen LogP contribution is 1.84. The van der Waals surface area contributed by atoms with Gasteiger partial charge in [0.05, 0.1) is 14.1 Å². The van der Waals surface area contributed by atoms with Gasteiger partial charge < -0.3 is 10.6 Å². The van der Waals surface area contributed by atoms with Gasteiger partial charge in [0.1, 0.15) is 24.8 Å². The fraction of sp³-hybridized carbons (Fsp3) is 0.429. The number of aromatic nitrogens is 4. The van der Waals surface area contributed by atoms with Crippen molar-refractivity contribution >= 4 is 11.8 Å². The van der Waals surface area contributed by atoms with Crippen LogP contribution in [0.4, 0.5) is 0 Å². The molecule has 2 aromatic heterocycles. The topological polar surface area (TPSA) is 75.8 Å². The number of hydrogen-bond acceptors (Lipinski definition) is 2. The van der Waals surface area contributed by atoms with E-state index in [1.807, 2.05) is 60.7 Å². The predicted molar refractivity (Wildman–Crippen MR) is 77.2 cm³/mol. The number of hydrogen-bond donors (Lipinski definition) is 2. The van der Waals surface area contributed by atoms with Crippen molar-refractivity contribution in [2.75, 3.05) is 13.1 Å². The standard InChI is InChI=1S/C14H20N6O2/c1-17-5-7-19(11-17)9-13(21)15-3-4-16-14(22)10-20-8-6-18(2)12-20/h5-8,11-12H,3-4,9-10H2,1-2H3/p+2. The number of aryl methyl sites for hydroxylation is 2. The zero-order valence-electron chi connectivity index (χ0n) is 12.9. The van der Waals surface area contributed by atoms with Crippen molar-refractivity contribution in [1.29, 1.82) is 0 Å². The number of carbonyl (C=O) groups is 2. The summed E-state index contributed by atoms with van der Waals surface area (Å²) in [5.41, 5.74) is 0. The first-order valence-corrected chi connectivity index (χ1v) is 7.08. The largest absolute Gasteiger partial charge is 0.351 e. The Hall–Kier alpha value is -2.64. The summed E-state index contributed by atoms with van der Waals surface area (Å²) in [5.74, 6) is -0.161. The molecule has 0 aliphatic carbocycles. The summed E-state index contributed by atoms with van der Waals surface area (Å²) >= 11 is 0. The van der Waals surface area contributed by atoms with Crippen LogP contribution in [0, 0.1) is 0 Å². The van der Waals surface area contributed by atoms with Gasteiger partial charge in [-0.1, -0.05) is 0 Å². The minimum absolute atomic E-state index is 0.0807. The molecule has 0 aliphatic heterocycles. The van der Waals surface area contributed by atoms with Crippen molar-refractivity contribution in [1.82, 2.24) is 19.8 Å². The molecule has 2 N–H and O–H groups in total. The van der Waals surface area contributed by atoms with Crippen LogP contribution in [0.5, 0.6) is 0 Å². The van der Waals surface area contributed by atoms with E-state index in [0.717, 1.165) is 0 Å². The Bertz CT molecular complexity index is 589. The Morgan fingerprint density at radius 1 is 0.864 bits per heavy atom. The summed E-state index contributed by atoms with van der Waals surface area (Å²) in [5, 5.41) is 5.54. The Morgan fingerprint density at radius 2 is 1.27 bits per heavy atom. The number of imidazole rings is 2. The molecule has 2 aromatic rings. The Labute approximate surface area is 129 Å². The van der Waals surface area contributed by atoms with Crippen LogP contribution in [0.1, 0.15) is 0 Å². The van der Waals surface area contributed by atoms with E-state index >= 15 is 0 Å². The number of amides is 2. The summed E-state index contributed by atoms with van der Waals surface area (Å²) in [6, 6.07) is 0. The van der Waals surface area contributed by atoms with Gasteiger partial charge in [-0.2, -0.15) is 0 Å². The van der Waals surface area contributed by atoms with Gasteiger partial charge in [-0.05, 0) is 0 Å². The molecule has 22 heavy (non-hydrogen) atoms. The summed E-state index contributed by atoms with van der Waals surface area (Å²) in [7, 11) is 3.80. The second kappa shape index (κ2) is 7.39. The lowest BCUT2D eigenvalue weighted by Crippen LogP contribution is -2.37. The minimum Gasteiger partial charge on any atom is -0.351 e. The quantitative estimate of drug-likeness (QED) is 0.453. The lowest BCUT2D eigenvalue weighted by atomic mass is 10.5. The van der Waals surface area contributed by atoms with E-state index in [4.69, 9.17) is 0 Å². The maximum absolute atomic E-state index is 11.7. The van der Waals surface area contributed by atoms with Gasteiger partial charge in [-0.15, -0.1) is 0 Å². The third-order valence-electron chi connectivity index (χ3n) is 3.07. The highest BCUT2D eigenvalue weighted by atomic mass is 16.2. The predicted octanol–water partition coefficient (Wildman–Crippen LogP) is -2.13. The van der Waals surface area contributed by atoms with E-state index in [9.17, 15) is 9.59 Å². The third kappa shape index (κ3) is 5.04. The van der Waals surface area contributed by atoms with Crippen molar-refractivity contribution in [3.8, 4) is 0 Å². The average molecular weight is 306 g/mol. The third-order valence-corrected chi connectivity index (χ3v) is 3.07.